The number of H-pyrrole nitrogens is 1. The molecule has 0 radical (unpaired) electrons. The molecule has 0 spiro atoms. The zero-order valence-corrected chi connectivity index (χ0v) is 30.9. The summed E-state index contributed by atoms with van der Waals surface area (Å²) in [5.41, 5.74) is 8.34. The van der Waals surface area contributed by atoms with Crippen molar-refractivity contribution in [2.24, 2.45) is 0 Å². The van der Waals surface area contributed by atoms with Gasteiger partial charge in [-0.05, 0) is 73.1 Å². The van der Waals surface area contributed by atoms with Crippen LogP contribution in [0.4, 0.5) is 0 Å². The molecule has 11 nitrogen and oxygen atoms in total. The van der Waals surface area contributed by atoms with Crippen LogP contribution in [0.5, 0.6) is 0 Å². The van der Waals surface area contributed by atoms with Gasteiger partial charge in [-0.3, -0.25) is 4.57 Å². The molecule has 0 aliphatic carbocycles. The van der Waals surface area contributed by atoms with Crippen molar-refractivity contribution >= 4 is 56.9 Å². The minimum Gasteiger partial charge on any atom is -0.459 e. The molecule has 1 fully saturated rings. The highest BCUT2D eigenvalue weighted by Gasteiger charge is 2.40. The van der Waals surface area contributed by atoms with E-state index in [1.165, 1.54) is 10.4 Å². The van der Waals surface area contributed by atoms with E-state index in [-0.39, 0.29) is 6.61 Å². The number of pyridine rings is 2. The van der Waals surface area contributed by atoms with Gasteiger partial charge in [-0.15, -0.1) is 22.7 Å². The first-order chi connectivity index (χ1) is 26.4. The molecule has 0 saturated carbocycles. The molecule has 1 aliphatic heterocycles. The summed E-state index contributed by atoms with van der Waals surface area (Å²) in [6, 6.07) is 26.5. The van der Waals surface area contributed by atoms with E-state index in [4.69, 9.17) is 14.2 Å². The molecule has 2 aromatic carbocycles. The van der Waals surface area contributed by atoms with Gasteiger partial charge in [0.05, 0.1) is 29.3 Å². The number of ether oxygens (including phenoxy) is 3. The van der Waals surface area contributed by atoms with Crippen molar-refractivity contribution in [1.29, 1.82) is 0 Å². The van der Waals surface area contributed by atoms with Crippen molar-refractivity contribution in [3.8, 4) is 20.9 Å². The quantitative estimate of drug-likeness (QED) is 0.151. The van der Waals surface area contributed by atoms with Crippen LogP contribution in [0.15, 0.2) is 121 Å². The Balaban J connectivity index is 0.000000245. The highest BCUT2D eigenvalue weighted by molar-refractivity contribution is 7.14. The molecule has 1 saturated heterocycles. The summed E-state index contributed by atoms with van der Waals surface area (Å²) in [7, 11) is 0. The van der Waals surface area contributed by atoms with Gasteiger partial charge in [0.1, 0.15) is 30.6 Å². The van der Waals surface area contributed by atoms with E-state index in [0.29, 0.717) is 23.2 Å². The highest BCUT2D eigenvalue weighted by Crippen LogP contribution is 2.36. The van der Waals surface area contributed by atoms with Crippen molar-refractivity contribution in [2.45, 2.75) is 38.7 Å². The lowest BCUT2D eigenvalue weighted by Gasteiger charge is -2.19. The molecule has 0 bridgehead atoms. The van der Waals surface area contributed by atoms with Gasteiger partial charge >= 0.3 is 11.9 Å². The number of esters is 2. The molecule has 13 heteroatoms. The number of fused-ring (bicyclic) bond motifs is 2. The number of hydrogen-bond donors (Lipinski definition) is 1. The van der Waals surface area contributed by atoms with E-state index in [1.54, 1.807) is 72.0 Å². The number of imidazole rings is 2. The number of aryl methyl sites for hydroxylation is 2. The Bertz CT molecular complexity index is 2510. The van der Waals surface area contributed by atoms with E-state index in [2.05, 4.69) is 36.4 Å². The van der Waals surface area contributed by atoms with Gasteiger partial charge in [-0.25, -0.2) is 29.5 Å². The smallest absolute Gasteiger partial charge is 0.338 e. The van der Waals surface area contributed by atoms with E-state index >= 15 is 0 Å². The van der Waals surface area contributed by atoms with Gasteiger partial charge in [0.2, 0.25) is 0 Å². The normalized spacial score (nSPS) is 16.6. The predicted octanol–water partition coefficient (Wildman–Crippen LogP) is 8.83. The van der Waals surface area contributed by atoms with Crippen LogP contribution in [0.2, 0.25) is 0 Å². The average Bonchev–Trinajstić information content (AvgIpc) is 4.04. The van der Waals surface area contributed by atoms with Crippen LogP contribution in [0.1, 0.15) is 44.5 Å². The lowest BCUT2D eigenvalue weighted by atomic mass is 10.1. The highest BCUT2D eigenvalue weighted by atomic mass is 32.1. The molecule has 1 N–H and O–H groups in total. The topological polar surface area (TPSA) is 134 Å². The van der Waals surface area contributed by atoms with Crippen molar-refractivity contribution in [3.63, 3.8) is 0 Å². The number of nitrogens with zero attached hydrogens (tertiary/aromatic N) is 5. The standard InChI is InChI=1S/C31H27N3O5S.C10H7N3S/c1-19-5-9-21(10-6-19)30(35)37-17-25-24(39-31(36)22-11-7-20(2)8-12-22)16-27(38-25)34-18-33-28-23(13-14-32-29(28)34)26-4-3-15-40-26;1-2-8(14-5-1)7-3-4-11-10-9(7)12-6-13-10/h3-15,18,24-25,27H,16-17H2,1-2H3;1-6H,(H,11,12,13)/t24-,25-,27-;/m1./s1. The van der Waals surface area contributed by atoms with Crippen LogP contribution in [0, 0.1) is 13.8 Å². The second kappa shape index (κ2) is 15.5. The number of hydrogen-bond acceptors (Lipinski definition) is 11. The molecule has 0 unspecified atom stereocenters. The third-order valence-electron chi connectivity index (χ3n) is 9.06. The summed E-state index contributed by atoms with van der Waals surface area (Å²) in [6.07, 6.45) is 5.41. The third-order valence-corrected chi connectivity index (χ3v) is 10.9. The van der Waals surface area contributed by atoms with Crippen molar-refractivity contribution in [1.82, 2.24) is 29.5 Å². The zero-order valence-electron chi connectivity index (χ0n) is 29.3. The van der Waals surface area contributed by atoms with Gasteiger partial charge in [-0.2, -0.15) is 0 Å². The third kappa shape index (κ3) is 7.42. The molecule has 6 aromatic heterocycles. The number of rotatable bonds is 8. The molecular weight excluding hydrogens is 721 g/mol. The van der Waals surface area contributed by atoms with Crippen LogP contribution >= 0.6 is 22.7 Å². The Labute approximate surface area is 318 Å². The molecular formula is C41H34N6O5S2. The van der Waals surface area contributed by atoms with Crippen LogP contribution < -0.4 is 0 Å². The number of aromatic amines is 1. The fourth-order valence-corrected chi connectivity index (χ4v) is 7.74. The summed E-state index contributed by atoms with van der Waals surface area (Å²) in [4.78, 5) is 48.7. The van der Waals surface area contributed by atoms with Crippen LogP contribution in [0.25, 0.3) is 43.2 Å². The largest absolute Gasteiger partial charge is 0.459 e. The lowest BCUT2D eigenvalue weighted by Crippen LogP contribution is -2.32. The molecule has 54 heavy (non-hydrogen) atoms. The second-order valence-electron chi connectivity index (χ2n) is 12.7. The number of thiophene rings is 2. The molecule has 3 atom stereocenters. The average molecular weight is 755 g/mol. The summed E-state index contributed by atoms with van der Waals surface area (Å²) >= 11 is 3.35. The summed E-state index contributed by atoms with van der Waals surface area (Å²) in [5, 5.41) is 4.09. The fourth-order valence-electron chi connectivity index (χ4n) is 6.23. The fraction of sp³-hybridized carbons (Fsp3) is 0.171. The van der Waals surface area contributed by atoms with Crippen LogP contribution in [-0.2, 0) is 14.2 Å². The summed E-state index contributed by atoms with van der Waals surface area (Å²) in [5.74, 6) is -0.927. The zero-order chi connectivity index (χ0) is 37.0. The Kier molecular flexibility index (Phi) is 10.1. The van der Waals surface area contributed by atoms with E-state index < -0.39 is 30.4 Å². The number of carbonyl (C=O) groups is 2. The molecule has 270 valence electrons. The van der Waals surface area contributed by atoms with Crippen LogP contribution in [-0.4, -0.2) is 60.2 Å². The lowest BCUT2D eigenvalue weighted by molar-refractivity contribution is -0.0563. The van der Waals surface area contributed by atoms with Gasteiger partial charge in [0.15, 0.2) is 11.3 Å². The Morgan fingerprint density at radius 1 is 0.796 bits per heavy atom. The number of nitrogens with one attached hydrogen (secondary N) is 1. The van der Waals surface area contributed by atoms with Crippen molar-refractivity contribution in [2.75, 3.05) is 6.61 Å². The first-order valence-electron chi connectivity index (χ1n) is 17.3. The molecule has 9 rings (SSSR count). The van der Waals surface area contributed by atoms with Gasteiger partial charge in [0.25, 0.3) is 0 Å². The van der Waals surface area contributed by atoms with Gasteiger partial charge in [0, 0.05) is 39.7 Å². The van der Waals surface area contributed by atoms with Crippen LogP contribution in [0.3, 0.4) is 0 Å². The molecule has 1 aliphatic rings. The first-order valence-corrected chi connectivity index (χ1v) is 19.0. The maximum atomic E-state index is 13.0. The second-order valence-corrected chi connectivity index (χ2v) is 14.6. The molecule has 0 amide bonds. The van der Waals surface area contributed by atoms with Gasteiger partial charge < -0.3 is 19.2 Å². The minimum atomic E-state index is -0.674. The van der Waals surface area contributed by atoms with E-state index in [0.717, 1.165) is 38.2 Å². The molecule has 8 aromatic rings. The molecule has 7 heterocycles. The first kappa shape index (κ1) is 35.0. The van der Waals surface area contributed by atoms with Gasteiger partial charge in [-0.1, -0.05) is 47.5 Å². The summed E-state index contributed by atoms with van der Waals surface area (Å²) in [6.45, 7) is 3.83. The maximum absolute atomic E-state index is 13.0. The van der Waals surface area contributed by atoms with Crippen molar-refractivity contribution in [3.05, 3.63) is 143 Å². The number of carbonyl (C=O) groups excluding carboxylic acids is 2. The van der Waals surface area contributed by atoms with Crippen molar-refractivity contribution < 1.29 is 23.8 Å². The Morgan fingerprint density at radius 2 is 1.44 bits per heavy atom. The number of aromatic nitrogens is 6. The summed E-state index contributed by atoms with van der Waals surface area (Å²) < 4.78 is 19.7. The number of benzene rings is 2. The Morgan fingerprint density at radius 3 is 2.13 bits per heavy atom. The van der Waals surface area contributed by atoms with E-state index in [1.807, 2.05) is 78.4 Å². The maximum Gasteiger partial charge on any atom is 0.338 e. The monoisotopic (exact) mass is 754 g/mol. The SMILES string of the molecule is Cc1ccc(C(=O)OC[C@H]2O[C@@H](n3cnc4c(-c5cccs5)ccnc43)C[C@H]2OC(=O)c2ccc(C)cc2)cc1.c1csc(-c2ccnc3nc[nH]c23)c1. The van der Waals surface area contributed by atoms with E-state index in [9.17, 15) is 9.59 Å². The minimum absolute atomic E-state index is 0.0739. The predicted molar refractivity (Wildman–Crippen MR) is 208 cm³/mol. The Hall–Kier alpha value is -6.02.